The largest absolute Gasteiger partial charge is 0.487 e. The highest BCUT2D eigenvalue weighted by Crippen LogP contribution is 2.51. The van der Waals surface area contributed by atoms with E-state index in [1.165, 1.54) is 0 Å². The van der Waals surface area contributed by atoms with Gasteiger partial charge in [-0.25, -0.2) is 0 Å². The molecule has 2 aliphatic carbocycles. The number of hydrogen-bond acceptors (Lipinski definition) is 5. The van der Waals surface area contributed by atoms with E-state index < -0.39 is 0 Å². The summed E-state index contributed by atoms with van der Waals surface area (Å²) in [5, 5.41) is 9.28. The van der Waals surface area contributed by atoms with Gasteiger partial charge in [-0.05, 0) is 66.8 Å². The highest BCUT2D eigenvalue weighted by molar-refractivity contribution is 6.33. The van der Waals surface area contributed by atoms with Crippen molar-refractivity contribution in [3.8, 4) is 17.6 Å². The van der Waals surface area contributed by atoms with Gasteiger partial charge in [-0.15, -0.1) is 0 Å². The number of carbonyl (C=O) groups excluding carboxylic acids is 1. The lowest BCUT2D eigenvalue weighted by molar-refractivity contribution is 0.104. The Balaban J connectivity index is 1.84. The predicted molar refractivity (Wildman–Crippen MR) is 119 cm³/mol. The minimum absolute atomic E-state index is 0.00447. The molecule has 0 saturated heterocycles. The molecule has 0 N–H and O–H groups in total. The summed E-state index contributed by atoms with van der Waals surface area (Å²) in [6.07, 6.45) is 0.614. The number of Topliss-reactive ketones (excluding diaryl/α,β-unsaturated/α-hetero) is 1. The van der Waals surface area contributed by atoms with Gasteiger partial charge < -0.3 is 14.2 Å². The minimum Gasteiger partial charge on any atom is -0.487 e. The molecule has 0 heterocycles. The van der Waals surface area contributed by atoms with Crippen LogP contribution in [0.2, 0.25) is 0 Å². The van der Waals surface area contributed by atoms with Gasteiger partial charge in [-0.3, -0.25) is 4.79 Å². The average Bonchev–Trinajstić information content (AvgIpc) is 3.12. The molecule has 0 atom stereocenters. The van der Waals surface area contributed by atoms with E-state index in [2.05, 4.69) is 19.9 Å². The first kappa shape index (κ1) is 21.1. The Morgan fingerprint density at radius 1 is 1.10 bits per heavy atom. The van der Waals surface area contributed by atoms with Crippen LogP contribution in [0.25, 0.3) is 5.57 Å². The fourth-order valence-corrected chi connectivity index (χ4v) is 4.54. The zero-order valence-electron chi connectivity index (χ0n) is 18.7. The number of nitrogens with zero attached hydrogens (tertiary/aromatic N) is 1. The summed E-state index contributed by atoms with van der Waals surface area (Å²) < 4.78 is 17.1. The summed E-state index contributed by atoms with van der Waals surface area (Å²) in [5.74, 6) is 1.19. The van der Waals surface area contributed by atoms with Crippen molar-refractivity contribution >= 4 is 11.4 Å². The monoisotopic (exact) mass is 417 g/mol. The molecule has 0 aromatic heterocycles. The maximum Gasteiger partial charge on any atom is 0.194 e. The smallest absolute Gasteiger partial charge is 0.194 e. The predicted octanol–water partition coefficient (Wildman–Crippen LogP) is 4.85. The number of carbonyl (C=O) groups is 1. The van der Waals surface area contributed by atoms with Gasteiger partial charge in [-0.2, -0.15) is 5.26 Å². The second-order valence-electron chi connectivity index (χ2n) is 8.82. The van der Waals surface area contributed by atoms with Crippen molar-refractivity contribution in [1.82, 2.24) is 0 Å². The summed E-state index contributed by atoms with van der Waals surface area (Å²) in [4.78, 5) is 13.7. The van der Waals surface area contributed by atoms with Crippen molar-refractivity contribution in [2.45, 2.75) is 45.6 Å². The molecule has 0 saturated carbocycles. The molecular formula is C26H27NO4. The van der Waals surface area contributed by atoms with Crippen LogP contribution in [0, 0.1) is 11.3 Å². The standard InChI is InChI=1S/C26H27NO4/c1-15(2)31-23-12-19-20(13-22(23)30-9-8-29-5)26(3,4)21-11-17-10-16(14-27)6-7-18(17)24(21)25(19)28/h6-7,10,12-13,15H,8-9,11H2,1-5H3. The number of nitriles is 1. The minimum atomic E-state index is -0.361. The third-order valence-corrected chi connectivity index (χ3v) is 6.06. The Morgan fingerprint density at radius 3 is 2.55 bits per heavy atom. The lowest BCUT2D eigenvalue weighted by Crippen LogP contribution is -2.30. The molecule has 0 aliphatic heterocycles. The van der Waals surface area contributed by atoms with E-state index in [0.717, 1.165) is 27.8 Å². The molecule has 0 fully saturated rings. The number of ketones is 1. The SMILES string of the molecule is COCCOc1cc2c(cc1OC(C)C)C(=O)C1=C(Cc3cc(C#N)ccc31)C2(C)C. The van der Waals surface area contributed by atoms with E-state index in [1.54, 1.807) is 13.2 Å². The van der Waals surface area contributed by atoms with Crippen LogP contribution in [-0.2, 0) is 16.6 Å². The Kier molecular flexibility index (Phi) is 5.36. The van der Waals surface area contributed by atoms with E-state index in [-0.39, 0.29) is 17.3 Å². The molecule has 5 nitrogen and oxygen atoms in total. The Hall–Kier alpha value is -3.10. The maximum absolute atomic E-state index is 13.7. The molecule has 5 heteroatoms. The van der Waals surface area contributed by atoms with Crippen molar-refractivity contribution in [2.24, 2.45) is 0 Å². The summed E-state index contributed by atoms with van der Waals surface area (Å²) >= 11 is 0. The number of fused-ring (bicyclic) bond motifs is 3. The Bertz CT molecular complexity index is 1130. The molecule has 2 aromatic rings. The Morgan fingerprint density at radius 2 is 1.87 bits per heavy atom. The number of allylic oxidation sites excluding steroid dienone is 2. The second kappa shape index (κ2) is 7.86. The van der Waals surface area contributed by atoms with Crippen LogP contribution in [0.4, 0.5) is 0 Å². The van der Waals surface area contributed by atoms with Gasteiger partial charge in [0.25, 0.3) is 0 Å². The molecule has 0 amide bonds. The second-order valence-corrected chi connectivity index (χ2v) is 8.82. The molecule has 0 radical (unpaired) electrons. The molecule has 2 aliphatic rings. The van der Waals surface area contributed by atoms with Crippen molar-refractivity contribution < 1.29 is 19.0 Å². The van der Waals surface area contributed by atoms with Crippen LogP contribution in [0.3, 0.4) is 0 Å². The molecule has 4 rings (SSSR count). The first-order valence-corrected chi connectivity index (χ1v) is 10.6. The zero-order chi connectivity index (χ0) is 22.3. The summed E-state index contributed by atoms with van der Waals surface area (Å²) in [5.41, 5.74) is 5.67. The van der Waals surface area contributed by atoms with Crippen molar-refractivity contribution in [1.29, 1.82) is 5.26 Å². The highest BCUT2D eigenvalue weighted by atomic mass is 16.5. The van der Waals surface area contributed by atoms with Gasteiger partial charge in [0, 0.05) is 23.7 Å². The first-order valence-electron chi connectivity index (χ1n) is 10.6. The van der Waals surface area contributed by atoms with Gasteiger partial charge in [0.2, 0.25) is 0 Å². The van der Waals surface area contributed by atoms with Crippen LogP contribution in [0.1, 0.15) is 60.3 Å². The molecule has 160 valence electrons. The molecule has 0 unspecified atom stereocenters. The lowest BCUT2D eigenvalue weighted by atomic mass is 9.68. The van der Waals surface area contributed by atoms with Gasteiger partial charge in [0.15, 0.2) is 17.3 Å². The van der Waals surface area contributed by atoms with Crippen molar-refractivity contribution in [2.75, 3.05) is 20.3 Å². The average molecular weight is 418 g/mol. The number of hydrogen-bond donors (Lipinski definition) is 0. The fourth-order valence-electron chi connectivity index (χ4n) is 4.54. The quantitative estimate of drug-likeness (QED) is 0.628. The first-order chi connectivity index (χ1) is 14.8. The van der Waals surface area contributed by atoms with Crippen LogP contribution >= 0.6 is 0 Å². The van der Waals surface area contributed by atoms with E-state index in [1.807, 2.05) is 38.1 Å². The normalized spacial score (nSPS) is 16.0. The van der Waals surface area contributed by atoms with Gasteiger partial charge in [0.05, 0.1) is 24.3 Å². The molecular weight excluding hydrogens is 390 g/mol. The molecule has 0 spiro atoms. The van der Waals surface area contributed by atoms with Crippen LogP contribution in [0.15, 0.2) is 35.9 Å². The maximum atomic E-state index is 13.7. The Labute approximate surface area is 183 Å². The molecule has 31 heavy (non-hydrogen) atoms. The lowest BCUT2D eigenvalue weighted by Gasteiger charge is -2.35. The zero-order valence-corrected chi connectivity index (χ0v) is 18.7. The van der Waals surface area contributed by atoms with Gasteiger partial charge >= 0.3 is 0 Å². The van der Waals surface area contributed by atoms with Crippen LogP contribution in [0.5, 0.6) is 11.5 Å². The topological polar surface area (TPSA) is 68.6 Å². The summed E-state index contributed by atoms with van der Waals surface area (Å²) in [6, 6.07) is 11.6. The number of methoxy groups -OCH3 is 1. The third-order valence-electron chi connectivity index (χ3n) is 6.06. The fraction of sp³-hybridized carbons (Fsp3) is 0.385. The number of benzene rings is 2. The molecule has 0 bridgehead atoms. The highest BCUT2D eigenvalue weighted by Gasteiger charge is 2.43. The summed E-state index contributed by atoms with van der Waals surface area (Å²) in [7, 11) is 1.63. The van der Waals surface area contributed by atoms with Crippen molar-refractivity contribution in [3.63, 3.8) is 0 Å². The van der Waals surface area contributed by atoms with Crippen LogP contribution < -0.4 is 9.47 Å². The van der Waals surface area contributed by atoms with Gasteiger partial charge in [0.1, 0.15) is 6.61 Å². The van der Waals surface area contributed by atoms with E-state index in [4.69, 9.17) is 14.2 Å². The van der Waals surface area contributed by atoms with E-state index in [9.17, 15) is 10.1 Å². The van der Waals surface area contributed by atoms with Crippen molar-refractivity contribution in [3.05, 3.63) is 63.7 Å². The molecule has 2 aromatic carbocycles. The summed E-state index contributed by atoms with van der Waals surface area (Å²) in [6.45, 7) is 9.05. The number of rotatable bonds is 6. The van der Waals surface area contributed by atoms with Crippen LogP contribution in [-0.4, -0.2) is 32.2 Å². The van der Waals surface area contributed by atoms with E-state index in [0.29, 0.717) is 42.3 Å². The third kappa shape index (κ3) is 3.51. The number of ether oxygens (including phenoxy) is 3. The van der Waals surface area contributed by atoms with E-state index >= 15 is 0 Å². The van der Waals surface area contributed by atoms with Gasteiger partial charge in [-0.1, -0.05) is 19.9 Å².